The smallest absolute Gasteiger partial charge is 0.306 e. The van der Waals surface area contributed by atoms with Crippen LogP contribution in [-0.2, 0) is 23.7 Å². The molecule has 9 heteroatoms. The fourth-order valence-electron chi connectivity index (χ4n) is 4.06. The number of rotatable bonds is 21. The fraction of sp³-hybridized carbons (Fsp3) is 0.962. The van der Waals surface area contributed by atoms with Gasteiger partial charge in [0.2, 0.25) is 0 Å². The first-order valence-corrected chi connectivity index (χ1v) is 13.6. The number of aliphatic hydroxyl groups is 4. The van der Waals surface area contributed by atoms with Gasteiger partial charge in [-0.05, 0) is 12.8 Å². The molecule has 208 valence electrons. The van der Waals surface area contributed by atoms with Crippen molar-refractivity contribution in [3.63, 3.8) is 0 Å². The van der Waals surface area contributed by atoms with Gasteiger partial charge in [-0.1, -0.05) is 78.1 Å². The third-order valence-corrected chi connectivity index (χ3v) is 6.24. The van der Waals surface area contributed by atoms with Crippen molar-refractivity contribution in [2.45, 2.75) is 134 Å². The minimum atomic E-state index is -1.52. The lowest BCUT2D eigenvalue weighted by Gasteiger charge is -2.39. The number of carbonyl (C=O) groups is 1. The molecule has 1 fully saturated rings. The second-order valence-electron chi connectivity index (χ2n) is 9.50. The number of esters is 1. The van der Waals surface area contributed by atoms with E-state index in [-0.39, 0.29) is 25.6 Å². The molecule has 0 bridgehead atoms. The fourth-order valence-corrected chi connectivity index (χ4v) is 4.06. The zero-order valence-electron chi connectivity index (χ0n) is 21.8. The third-order valence-electron chi connectivity index (χ3n) is 6.24. The number of hydrogen-bond donors (Lipinski definition) is 4. The Morgan fingerprint density at radius 2 is 1.40 bits per heavy atom. The molecule has 0 radical (unpaired) electrons. The molecule has 4 N–H and O–H groups in total. The van der Waals surface area contributed by atoms with Crippen LogP contribution < -0.4 is 0 Å². The van der Waals surface area contributed by atoms with Crippen molar-refractivity contribution in [3.05, 3.63) is 0 Å². The summed E-state index contributed by atoms with van der Waals surface area (Å²) in [5.41, 5.74) is 0. The summed E-state index contributed by atoms with van der Waals surface area (Å²) in [7, 11) is 0. The quantitative estimate of drug-likeness (QED) is 0.137. The van der Waals surface area contributed by atoms with Crippen LogP contribution in [0.15, 0.2) is 0 Å². The van der Waals surface area contributed by atoms with Gasteiger partial charge in [0.1, 0.15) is 30.5 Å². The van der Waals surface area contributed by atoms with Crippen LogP contribution in [0.4, 0.5) is 0 Å². The van der Waals surface area contributed by atoms with E-state index in [4.69, 9.17) is 18.9 Å². The lowest BCUT2D eigenvalue weighted by molar-refractivity contribution is -0.305. The Kier molecular flexibility index (Phi) is 18.7. The summed E-state index contributed by atoms with van der Waals surface area (Å²) in [5, 5.41) is 39.2. The van der Waals surface area contributed by atoms with Gasteiger partial charge in [0.05, 0.1) is 19.8 Å². The van der Waals surface area contributed by atoms with E-state index in [1.165, 1.54) is 57.8 Å². The SMILES string of the molecule is CCCCCCCCCCCCCOCC(COC1OC(CO)C(O)C(O)C1O)OC(=O)CCC. The normalized spacial score (nSPS) is 25.5. The van der Waals surface area contributed by atoms with Gasteiger partial charge in [0.15, 0.2) is 6.29 Å². The molecule has 1 aliphatic rings. The molecule has 1 saturated heterocycles. The highest BCUT2D eigenvalue weighted by Crippen LogP contribution is 2.22. The molecule has 0 spiro atoms. The molecule has 0 aromatic rings. The average molecular weight is 507 g/mol. The van der Waals surface area contributed by atoms with Crippen LogP contribution in [0.3, 0.4) is 0 Å². The Labute approximate surface area is 211 Å². The van der Waals surface area contributed by atoms with Crippen LogP contribution in [0.5, 0.6) is 0 Å². The van der Waals surface area contributed by atoms with E-state index < -0.39 is 43.4 Å². The Morgan fingerprint density at radius 1 is 0.800 bits per heavy atom. The highest BCUT2D eigenvalue weighted by molar-refractivity contribution is 5.69. The summed E-state index contributed by atoms with van der Waals surface area (Å²) < 4.78 is 22.0. The maximum atomic E-state index is 12.0. The number of ether oxygens (including phenoxy) is 4. The second kappa shape index (κ2) is 20.3. The van der Waals surface area contributed by atoms with Gasteiger partial charge in [0, 0.05) is 13.0 Å². The van der Waals surface area contributed by atoms with Gasteiger partial charge in [0.25, 0.3) is 0 Å². The first-order valence-electron chi connectivity index (χ1n) is 13.6. The predicted octanol–water partition coefficient (Wildman–Crippen LogP) is 2.84. The molecule has 0 aromatic carbocycles. The zero-order valence-corrected chi connectivity index (χ0v) is 21.8. The van der Waals surface area contributed by atoms with Crippen LogP contribution in [0, 0.1) is 0 Å². The molecule has 6 atom stereocenters. The van der Waals surface area contributed by atoms with E-state index in [0.717, 1.165) is 12.8 Å². The van der Waals surface area contributed by atoms with E-state index in [2.05, 4.69) is 6.92 Å². The van der Waals surface area contributed by atoms with Crippen LogP contribution in [-0.4, -0.2) is 89.6 Å². The molecule has 1 rings (SSSR count). The molecular formula is C26H50O9. The Hall–Kier alpha value is -0.810. The molecule has 1 heterocycles. The molecule has 9 nitrogen and oxygen atoms in total. The second-order valence-corrected chi connectivity index (χ2v) is 9.50. The minimum Gasteiger partial charge on any atom is -0.457 e. The maximum absolute atomic E-state index is 12.0. The zero-order chi connectivity index (χ0) is 25.9. The summed E-state index contributed by atoms with van der Waals surface area (Å²) in [4.78, 5) is 12.0. The minimum absolute atomic E-state index is 0.115. The van der Waals surface area contributed by atoms with Crippen molar-refractivity contribution in [1.29, 1.82) is 0 Å². The highest BCUT2D eigenvalue weighted by atomic mass is 16.7. The number of hydrogen-bond acceptors (Lipinski definition) is 9. The monoisotopic (exact) mass is 506 g/mol. The Balaban J connectivity index is 2.28. The van der Waals surface area contributed by atoms with Gasteiger partial charge in [-0.15, -0.1) is 0 Å². The van der Waals surface area contributed by atoms with E-state index in [0.29, 0.717) is 13.0 Å². The first-order chi connectivity index (χ1) is 16.9. The van der Waals surface area contributed by atoms with Crippen LogP contribution in [0.2, 0.25) is 0 Å². The predicted molar refractivity (Wildman–Crippen MR) is 132 cm³/mol. The molecular weight excluding hydrogens is 456 g/mol. The summed E-state index contributed by atoms with van der Waals surface area (Å²) in [6, 6.07) is 0. The van der Waals surface area contributed by atoms with E-state index in [1.807, 2.05) is 6.92 Å². The first kappa shape index (κ1) is 32.2. The van der Waals surface area contributed by atoms with Gasteiger partial charge in [-0.2, -0.15) is 0 Å². The summed E-state index contributed by atoms with van der Waals surface area (Å²) in [6.45, 7) is 4.16. The molecule has 1 aliphatic heterocycles. The summed E-state index contributed by atoms with van der Waals surface area (Å²) in [5.74, 6) is -0.367. The van der Waals surface area contributed by atoms with Crippen LogP contribution in [0.25, 0.3) is 0 Å². The van der Waals surface area contributed by atoms with Crippen molar-refractivity contribution in [1.82, 2.24) is 0 Å². The van der Waals surface area contributed by atoms with Crippen molar-refractivity contribution in [2.24, 2.45) is 0 Å². The molecule has 35 heavy (non-hydrogen) atoms. The van der Waals surface area contributed by atoms with Gasteiger partial charge < -0.3 is 39.4 Å². The number of unbranched alkanes of at least 4 members (excludes halogenated alkanes) is 10. The van der Waals surface area contributed by atoms with Crippen molar-refractivity contribution >= 4 is 5.97 Å². The molecule has 0 aromatic heterocycles. The topological polar surface area (TPSA) is 135 Å². The molecule has 0 aliphatic carbocycles. The number of carbonyl (C=O) groups excluding carboxylic acids is 1. The van der Waals surface area contributed by atoms with Crippen LogP contribution >= 0.6 is 0 Å². The standard InChI is InChI=1S/C26H50O9/c1-3-5-6-7-8-9-10-11-12-13-14-16-32-18-20(34-22(28)15-4-2)19-33-26-25(31)24(30)23(29)21(17-27)35-26/h20-21,23-27,29-31H,3-19H2,1-2H3. The van der Waals surface area contributed by atoms with Crippen molar-refractivity contribution in [2.75, 3.05) is 26.4 Å². The lowest BCUT2D eigenvalue weighted by Crippen LogP contribution is -2.59. The van der Waals surface area contributed by atoms with E-state index >= 15 is 0 Å². The van der Waals surface area contributed by atoms with E-state index in [1.54, 1.807) is 0 Å². The molecule has 0 amide bonds. The van der Waals surface area contributed by atoms with Crippen molar-refractivity contribution < 1.29 is 44.2 Å². The molecule has 0 saturated carbocycles. The Bertz CT molecular complexity index is 517. The van der Waals surface area contributed by atoms with Gasteiger partial charge in [-0.3, -0.25) is 4.79 Å². The molecule has 6 unspecified atom stereocenters. The largest absolute Gasteiger partial charge is 0.457 e. The van der Waals surface area contributed by atoms with E-state index in [9.17, 15) is 25.2 Å². The highest BCUT2D eigenvalue weighted by Gasteiger charge is 2.44. The lowest BCUT2D eigenvalue weighted by atomic mass is 9.99. The van der Waals surface area contributed by atoms with Crippen molar-refractivity contribution in [3.8, 4) is 0 Å². The maximum Gasteiger partial charge on any atom is 0.306 e. The Morgan fingerprint density at radius 3 is 1.97 bits per heavy atom. The third kappa shape index (κ3) is 13.9. The average Bonchev–Trinajstić information content (AvgIpc) is 2.84. The summed E-state index contributed by atoms with van der Waals surface area (Å²) in [6.07, 6.45) is 7.16. The van der Waals surface area contributed by atoms with Gasteiger partial charge in [-0.25, -0.2) is 0 Å². The number of aliphatic hydroxyl groups excluding tert-OH is 4. The summed E-state index contributed by atoms with van der Waals surface area (Å²) >= 11 is 0. The van der Waals surface area contributed by atoms with Gasteiger partial charge >= 0.3 is 5.97 Å². The van der Waals surface area contributed by atoms with Crippen LogP contribution in [0.1, 0.15) is 97.3 Å².